The van der Waals surface area contributed by atoms with Gasteiger partial charge in [0, 0.05) is 36.8 Å². The van der Waals surface area contributed by atoms with Crippen LogP contribution in [0, 0.1) is 11.8 Å². The summed E-state index contributed by atoms with van der Waals surface area (Å²) in [6.07, 6.45) is 8.91. The smallest absolute Gasteiger partial charge is 0.166 e. The summed E-state index contributed by atoms with van der Waals surface area (Å²) in [5.74, 6) is 2.12. The lowest BCUT2D eigenvalue weighted by Crippen LogP contribution is -2.58. The highest BCUT2D eigenvalue weighted by atomic mass is 32.1. The zero-order valence-electron chi connectivity index (χ0n) is 19.4. The van der Waals surface area contributed by atoms with Crippen LogP contribution in [0.4, 0.5) is 0 Å². The maximum Gasteiger partial charge on any atom is 0.166 e. The van der Waals surface area contributed by atoms with Crippen LogP contribution in [0.25, 0.3) is 10.9 Å². The third-order valence-electron chi connectivity index (χ3n) is 7.81. The van der Waals surface area contributed by atoms with Crippen molar-refractivity contribution in [3.05, 3.63) is 48.7 Å². The first-order valence-electron chi connectivity index (χ1n) is 12.2. The molecular weight excluding hydrogens is 430 g/mol. The van der Waals surface area contributed by atoms with Gasteiger partial charge in [-0.25, -0.2) is 0 Å². The van der Waals surface area contributed by atoms with E-state index in [4.69, 9.17) is 17.0 Å². The van der Waals surface area contributed by atoms with E-state index >= 15 is 0 Å². The van der Waals surface area contributed by atoms with Gasteiger partial charge in [-0.05, 0) is 92.7 Å². The van der Waals surface area contributed by atoms with E-state index in [1.165, 1.54) is 24.8 Å². The second-order valence-corrected chi connectivity index (χ2v) is 10.1. The second kappa shape index (κ2) is 9.95. The topological polar surface area (TPSA) is 61.5 Å². The summed E-state index contributed by atoms with van der Waals surface area (Å²) in [5, 5.41) is 12.6. The molecule has 6 rings (SSSR count). The van der Waals surface area contributed by atoms with E-state index in [1.807, 2.05) is 18.3 Å². The van der Waals surface area contributed by atoms with Crippen LogP contribution < -0.4 is 20.7 Å². The monoisotopic (exact) mass is 465 g/mol. The fourth-order valence-electron chi connectivity index (χ4n) is 5.99. The van der Waals surface area contributed by atoms with E-state index in [-0.39, 0.29) is 6.04 Å². The minimum absolute atomic E-state index is 0.0766. The van der Waals surface area contributed by atoms with Gasteiger partial charge in [0.25, 0.3) is 0 Å². The Hall–Kier alpha value is -2.22. The normalized spacial score (nSPS) is 29.5. The average molecular weight is 466 g/mol. The molecule has 1 aromatic carbocycles. The van der Waals surface area contributed by atoms with E-state index in [0.717, 1.165) is 54.4 Å². The third kappa shape index (κ3) is 4.72. The van der Waals surface area contributed by atoms with Crippen LogP contribution in [-0.4, -0.2) is 60.4 Å². The van der Waals surface area contributed by atoms with Crippen LogP contribution in [0.15, 0.2) is 43.1 Å². The third-order valence-corrected chi connectivity index (χ3v) is 8.08. The first kappa shape index (κ1) is 22.6. The molecule has 5 heterocycles. The first-order chi connectivity index (χ1) is 16.2. The Morgan fingerprint density at radius 3 is 3.03 bits per heavy atom. The van der Waals surface area contributed by atoms with Gasteiger partial charge in [0.15, 0.2) is 5.11 Å². The summed E-state index contributed by atoms with van der Waals surface area (Å²) in [7, 11) is 1.71. The molecule has 6 atom stereocenters. The SMILES string of the molecule is C=C[C@@H]1CN2CC[C@@H]1C[C@@H]2[C@H](NC(=S)NC[C@H]1CCCN1)c1ccnc2ccc(OC)cc12. The fourth-order valence-corrected chi connectivity index (χ4v) is 6.20. The summed E-state index contributed by atoms with van der Waals surface area (Å²) < 4.78 is 5.54. The van der Waals surface area contributed by atoms with Crippen LogP contribution in [0.1, 0.15) is 37.3 Å². The Balaban J connectivity index is 1.45. The zero-order valence-corrected chi connectivity index (χ0v) is 20.2. The van der Waals surface area contributed by atoms with Gasteiger partial charge in [-0.2, -0.15) is 0 Å². The number of hydrogen-bond donors (Lipinski definition) is 3. The highest BCUT2D eigenvalue weighted by Gasteiger charge is 2.43. The molecule has 0 aliphatic carbocycles. The molecule has 1 unspecified atom stereocenters. The number of methoxy groups -OCH3 is 1. The number of piperidine rings is 3. The second-order valence-electron chi connectivity index (χ2n) is 9.65. The summed E-state index contributed by atoms with van der Waals surface area (Å²) in [5.41, 5.74) is 2.21. The van der Waals surface area contributed by atoms with Crippen molar-refractivity contribution in [2.75, 3.05) is 33.3 Å². The lowest BCUT2D eigenvalue weighted by atomic mass is 9.73. The minimum atomic E-state index is 0.0766. The summed E-state index contributed by atoms with van der Waals surface area (Å²) >= 11 is 5.81. The zero-order chi connectivity index (χ0) is 22.8. The molecule has 4 fully saturated rings. The number of pyridine rings is 1. The number of fused-ring (bicyclic) bond motifs is 4. The van der Waals surface area contributed by atoms with Gasteiger partial charge in [0.1, 0.15) is 5.75 Å². The predicted octanol–water partition coefficient (Wildman–Crippen LogP) is 3.40. The van der Waals surface area contributed by atoms with Gasteiger partial charge in [-0.15, -0.1) is 6.58 Å². The maximum absolute atomic E-state index is 5.81. The van der Waals surface area contributed by atoms with Gasteiger partial charge in [0.05, 0.1) is 18.7 Å². The Bertz CT molecular complexity index is 1010. The lowest BCUT2D eigenvalue weighted by Gasteiger charge is -2.52. The molecule has 1 aromatic heterocycles. The summed E-state index contributed by atoms with van der Waals surface area (Å²) in [6, 6.07) is 9.22. The van der Waals surface area contributed by atoms with Crippen molar-refractivity contribution in [1.29, 1.82) is 0 Å². The molecule has 4 aliphatic heterocycles. The van der Waals surface area contributed by atoms with Crippen molar-refractivity contribution in [1.82, 2.24) is 25.8 Å². The number of nitrogens with zero attached hydrogens (tertiary/aromatic N) is 2. The molecule has 2 aromatic rings. The quantitative estimate of drug-likeness (QED) is 0.428. The molecule has 33 heavy (non-hydrogen) atoms. The van der Waals surface area contributed by atoms with Crippen molar-refractivity contribution in [2.24, 2.45) is 11.8 Å². The van der Waals surface area contributed by atoms with Gasteiger partial charge in [-0.3, -0.25) is 9.88 Å². The molecule has 0 radical (unpaired) electrons. The van der Waals surface area contributed by atoms with E-state index in [2.05, 4.69) is 50.6 Å². The molecule has 0 amide bonds. The molecule has 4 saturated heterocycles. The molecular formula is C26H35N5OS. The van der Waals surface area contributed by atoms with Crippen molar-refractivity contribution >= 4 is 28.2 Å². The van der Waals surface area contributed by atoms with Crippen LogP contribution in [0.3, 0.4) is 0 Å². The van der Waals surface area contributed by atoms with Crippen LogP contribution >= 0.6 is 12.2 Å². The predicted molar refractivity (Wildman–Crippen MR) is 138 cm³/mol. The molecule has 7 heteroatoms. The minimum Gasteiger partial charge on any atom is -0.497 e. The standard InChI is InChI=1S/C26H35N5OS/c1-3-17-16-31-12-9-18(17)13-24(31)25(30-26(33)29-15-19-5-4-10-27-19)21-8-11-28-23-7-6-20(32-2)14-22(21)23/h3,6-8,11,14,17-19,24-25,27H,1,4-5,9-10,12-13,15-16H2,2H3,(H2,29,30,33)/t17-,18-,19-,24-,25-/m1/s1. The molecule has 0 saturated carbocycles. The number of thiocarbonyl (C=S) groups is 1. The van der Waals surface area contributed by atoms with Crippen molar-refractivity contribution in [3.63, 3.8) is 0 Å². The van der Waals surface area contributed by atoms with Crippen molar-refractivity contribution in [2.45, 2.75) is 43.8 Å². The van der Waals surface area contributed by atoms with Crippen molar-refractivity contribution < 1.29 is 4.74 Å². The van der Waals surface area contributed by atoms with Gasteiger partial charge in [-0.1, -0.05) is 6.08 Å². The first-order valence-corrected chi connectivity index (χ1v) is 12.6. The van der Waals surface area contributed by atoms with E-state index in [0.29, 0.717) is 23.9 Å². The molecule has 6 nitrogen and oxygen atoms in total. The lowest BCUT2D eigenvalue weighted by molar-refractivity contribution is 0.00429. The van der Waals surface area contributed by atoms with Gasteiger partial charge >= 0.3 is 0 Å². The van der Waals surface area contributed by atoms with E-state index < -0.39 is 0 Å². The fraction of sp³-hybridized carbons (Fsp3) is 0.538. The van der Waals surface area contributed by atoms with Crippen LogP contribution in [0.5, 0.6) is 5.75 Å². The number of benzene rings is 1. The number of rotatable bonds is 7. The summed E-state index contributed by atoms with van der Waals surface area (Å²) in [4.78, 5) is 7.26. The average Bonchev–Trinajstić information content (AvgIpc) is 3.39. The highest BCUT2D eigenvalue weighted by Crippen LogP contribution is 2.42. The highest BCUT2D eigenvalue weighted by molar-refractivity contribution is 7.80. The Morgan fingerprint density at radius 1 is 1.39 bits per heavy atom. The van der Waals surface area contributed by atoms with E-state index in [1.54, 1.807) is 7.11 Å². The molecule has 3 N–H and O–H groups in total. The van der Waals surface area contributed by atoms with Crippen molar-refractivity contribution in [3.8, 4) is 5.75 Å². The Morgan fingerprint density at radius 2 is 2.30 bits per heavy atom. The largest absolute Gasteiger partial charge is 0.497 e. The molecule has 176 valence electrons. The summed E-state index contributed by atoms with van der Waals surface area (Å²) in [6.45, 7) is 8.27. The van der Waals surface area contributed by atoms with E-state index in [9.17, 15) is 0 Å². The maximum atomic E-state index is 5.81. The number of hydrogen-bond acceptors (Lipinski definition) is 5. The molecule has 4 aliphatic rings. The Labute approximate surface area is 202 Å². The van der Waals surface area contributed by atoms with Crippen LogP contribution in [-0.2, 0) is 0 Å². The molecule has 2 bridgehead atoms. The van der Waals surface area contributed by atoms with Gasteiger partial charge in [0.2, 0.25) is 0 Å². The van der Waals surface area contributed by atoms with Gasteiger partial charge < -0.3 is 20.7 Å². The number of aromatic nitrogens is 1. The van der Waals surface area contributed by atoms with Crippen LogP contribution in [0.2, 0.25) is 0 Å². The number of nitrogens with one attached hydrogen (secondary N) is 3. The number of ether oxygens (including phenoxy) is 1. The Kier molecular flexibility index (Phi) is 6.81. The molecule has 0 spiro atoms.